The fourth-order valence-electron chi connectivity index (χ4n) is 3.04. The number of aromatic nitrogens is 1. The van der Waals surface area contributed by atoms with Crippen LogP contribution in [0, 0.1) is 0 Å². The zero-order chi connectivity index (χ0) is 19.0. The first kappa shape index (κ1) is 17.6. The van der Waals surface area contributed by atoms with E-state index in [2.05, 4.69) is 5.32 Å². The molecule has 2 aromatic carbocycles. The van der Waals surface area contributed by atoms with Crippen molar-refractivity contribution in [3.05, 3.63) is 77.6 Å². The molecule has 0 saturated carbocycles. The van der Waals surface area contributed by atoms with Gasteiger partial charge in [0.15, 0.2) is 0 Å². The van der Waals surface area contributed by atoms with E-state index in [0.29, 0.717) is 22.2 Å². The number of anilines is 1. The number of fused-ring (bicyclic) bond motifs is 2. The van der Waals surface area contributed by atoms with Crippen LogP contribution in [0.4, 0.5) is 5.69 Å². The van der Waals surface area contributed by atoms with Crippen molar-refractivity contribution in [3.8, 4) is 5.75 Å². The lowest BCUT2D eigenvalue weighted by atomic mass is 10.1. The van der Waals surface area contributed by atoms with Gasteiger partial charge in [-0.05, 0) is 48.5 Å². The summed E-state index contributed by atoms with van der Waals surface area (Å²) in [6.07, 6.45) is 1.43. The molecule has 1 aliphatic heterocycles. The third-order valence-corrected chi connectivity index (χ3v) is 6.28. The van der Waals surface area contributed by atoms with Crippen LogP contribution >= 0.6 is 11.6 Å². The molecule has 6 nitrogen and oxygen atoms in total. The van der Waals surface area contributed by atoms with Gasteiger partial charge in [0, 0.05) is 11.2 Å². The Labute approximate surface area is 161 Å². The minimum atomic E-state index is -3.74. The molecule has 1 unspecified atom stereocenters. The molecule has 1 aliphatic rings. The van der Waals surface area contributed by atoms with Crippen LogP contribution in [0.25, 0.3) is 0 Å². The molecule has 1 N–H and O–H groups in total. The predicted octanol–water partition coefficient (Wildman–Crippen LogP) is 3.84. The van der Waals surface area contributed by atoms with E-state index in [-0.39, 0.29) is 11.3 Å². The van der Waals surface area contributed by atoms with Gasteiger partial charge in [-0.25, -0.2) is 12.4 Å². The summed E-state index contributed by atoms with van der Waals surface area (Å²) in [7, 11) is -3.74. The van der Waals surface area contributed by atoms with Crippen molar-refractivity contribution in [2.24, 2.45) is 0 Å². The highest BCUT2D eigenvalue weighted by Crippen LogP contribution is 2.35. The number of rotatable bonds is 3. The van der Waals surface area contributed by atoms with E-state index in [9.17, 15) is 13.2 Å². The number of carbonyl (C=O) groups is 1. The Morgan fingerprint density at radius 1 is 1.07 bits per heavy atom. The zero-order valence-corrected chi connectivity index (χ0v) is 15.6. The maximum absolute atomic E-state index is 12.9. The van der Waals surface area contributed by atoms with Crippen LogP contribution in [0.1, 0.15) is 18.2 Å². The van der Waals surface area contributed by atoms with E-state index in [0.717, 1.165) is 0 Å². The SMILES string of the molecule is O=C(CC1Nc2ccccc2S(=O)(=O)n2cccc21)Oc1ccc(Cl)cc1. The maximum atomic E-state index is 12.9. The molecule has 2 heterocycles. The number of hydrogen-bond acceptors (Lipinski definition) is 5. The highest BCUT2D eigenvalue weighted by molar-refractivity contribution is 7.90. The molecule has 0 saturated heterocycles. The fourth-order valence-corrected chi connectivity index (χ4v) is 4.73. The molecule has 1 aromatic heterocycles. The highest BCUT2D eigenvalue weighted by Gasteiger charge is 2.32. The summed E-state index contributed by atoms with van der Waals surface area (Å²) < 4.78 is 32.4. The molecule has 0 fully saturated rings. The molecule has 0 radical (unpaired) electrons. The standard InChI is InChI=1S/C19H15ClN2O4S/c20-13-7-9-14(10-8-13)26-19(23)12-16-17-5-3-11-22(17)27(24,25)18-6-2-1-4-15(18)21-16/h1-11,16,21H,12H2. The van der Waals surface area contributed by atoms with Crippen molar-refractivity contribution in [1.82, 2.24) is 3.97 Å². The number of esters is 1. The van der Waals surface area contributed by atoms with Crippen LogP contribution in [0.2, 0.25) is 5.02 Å². The Kier molecular flexibility index (Phi) is 4.41. The number of nitrogens with one attached hydrogen (secondary N) is 1. The van der Waals surface area contributed by atoms with E-state index in [4.69, 9.17) is 16.3 Å². The van der Waals surface area contributed by atoms with Gasteiger partial charge >= 0.3 is 5.97 Å². The van der Waals surface area contributed by atoms with Gasteiger partial charge in [0.2, 0.25) is 0 Å². The van der Waals surface area contributed by atoms with Crippen LogP contribution in [0.15, 0.2) is 71.8 Å². The number of halogens is 1. The smallest absolute Gasteiger partial charge is 0.313 e. The minimum Gasteiger partial charge on any atom is -0.426 e. The molecular formula is C19H15ClN2O4S. The van der Waals surface area contributed by atoms with E-state index in [1.54, 1.807) is 54.6 Å². The molecule has 3 aromatic rings. The zero-order valence-electron chi connectivity index (χ0n) is 14.0. The maximum Gasteiger partial charge on any atom is 0.313 e. The Balaban J connectivity index is 1.65. The van der Waals surface area contributed by atoms with Crippen LogP contribution in [-0.4, -0.2) is 18.4 Å². The summed E-state index contributed by atoms with van der Waals surface area (Å²) in [4.78, 5) is 12.6. The average Bonchev–Trinajstić information content (AvgIpc) is 3.11. The van der Waals surface area contributed by atoms with Gasteiger partial charge in [0.1, 0.15) is 10.6 Å². The second-order valence-electron chi connectivity index (χ2n) is 6.06. The molecule has 1 atom stereocenters. The Bertz CT molecular complexity index is 1110. The van der Waals surface area contributed by atoms with Crippen LogP contribution in [0.5, 0.6) is 5.75 Å². The first-order chi connectivity index (χ1) is 12.9. The first-order valence-electron chi connectivity index (χ1n) is 8.20. The third-order valence-electron chi connectivity index (χ3n) is 4.27. The van der Waals surface area contributed by atoms with Gasteiger partial charge in [-0.15, -0.1) is 0 Å². The molecule has 27 heavy (non-hydrogen) atoms. The van der Waals surface area contributed by atoms with E-state index >= 15 is 0 Å². The van der Waals surface area contributed by atoms with E-state index < -0.39 is 22.0 Å². The summed E-state index contributed by atoms with van der Waals surface area (Å²) in [5.74, 6) is -0.110. The second-order valence-corrected chi connectivity index (χ2v) is 8.28. The fraction of sp³-hybridized carbons (Fsp3) is 0.105. The molecule has 0 amide bonds. The van der Waals surface area contributed by atoms with Crippen molar-refractivity contribution >= 4 is 33.3 Å². The normalized spacial score (nSPS) is 17.1. The quantitative estimate of drug-likeness (QED) is 0.532. The van der Waals surface area contributed by atoms with Gasteiger partial charge in [-0.2, -0.15) is 0 Å². The summed E-state index contributed by atoms with van der Waals surface area (Å²) in [6.45, 7) is 0. The molecule has 0 aliphatic carbocycles. The Morgan fingerprint density at radius 2 is 1.81 bits per heavy atom. The van der Waals surface area contributed by atoms with Crippen molar-refractivity contribution in [2.45, 2.75) is 17.4 Å². The molecule has 8 heteroatoms. The summed E-state index contributed by atoms with van der Waals surface area (Å²) in [6, 6.07) is 15.8. The molecule has 0 spiro atoms. The second kappa shape index (κ2) is 6.75. The molecule has 4 rings (SSSR count). The third kappa shape index (κ3) is 3.31. The van der Waals surface area contributed by atoms with Crippen molar-refractivity contribution < 1.29 is 17.9 Å². The van der Waals surface area contributed by atoms with E-state index in [1.165, 1.54) is 16.2 Å². The molecule has 0 bridgehead atoms. The average molecular weight is 403 g/mol. The summed E-state index contributed by atoms with van der Waals surface area (Å²) in [5.41, 5.74) is 0.921. The van der Waals surface area contributed by atoms with Crippen molar-refractivity contribution in [2.75, 3.05) is 5.32 Å². The number of nitrogens with zero attached hydrogens (tertiary/aromatic N) is 1. The highest BCUT2D eigenvalue weighted by atomic mass is 35.5. The van der Waals surface area contributed by atoms with Gasteiger partial charge < -0.3 is 10.1 Å². The summed E-state index contributed by atoms with van der Waals surface area (Å²) in [5, 5.41) is 3.70. The Hall–Kier alpha value is -2.77. The van der Waals surface area contributed by atoms with Crippen molar-refractivity contribution in [1.29, 1.82) is 0 Å². The lowest BCUT2D eigenvalue weighted by Crippen LogP contribution is -2.20. The lowest BCUT2D eigenvalue weighted by Gasteiger charge is -2.17. The lowest BCUT2D eigenvalue weighted by molar-refractivity contribution is -0.134. The Morgan fingerprint density at radius 3 is 2.59 bits per heavy atom. The summed E-state index contributed by atoms with van der Waals surface area (Å²) >= 11 is 5.83. The minimum absolute atomic E-state index is 0.0451. The van der Waals surface area contributed by atoms with Crippen LogP contribution < -0.4 is 10.1 Å². The number of carbonyl (C=O) groups excluding carboxylic acids is 1. The monoisotopic (exact) mass is 402 g/mol. The topological polar surface area (TPSA) is 77.4 Å². The van der Waals surface area contributed by atoms with Crippen molar-refractivity contribution in [3.63, 3.8) is 0 Å². The number of para-hydroxylation sites is 1. The van der Waals surface area contributed by atoms with Crippen LogP contribution in [0.3, 0.4) is 0 Å². The van der Waals surface area contributed by atoms with Gasteiger partial charge in [-0.3, -0.25) is 4.79 Å². The van der Waals surface area contributed by atoms with Gasteiger partial charge in [0.05, 0.1) is 23.8 Å². The number of benzene rings is 2. The molecular weight excluding hydrogens is 388 g/mol. The number of hydrogen-bond donors (Lipinski definition) is 1. The van der Waals surface area contributed by atoms with Crippen LogP contribution in [-0.2, 0) is 14.8 Å². The van der Waals surface area contributed by atoms with Gasteiger partial charge in [0.25, 0.3) is 10.0 Å². The largest absolute Gasteiger partial charge is 0.426 e. The predicted molar refractivity (Wildman–Crippen MR) is 102 cm³/mol. The van der Waals surface area contributed by atoms with Gasteiger partial charge in [-0.1, -0.05) is 23.7 Å². The number of ether oxygens (including phenoxy) is 1. The molecule has 138 valence electrons. The first-order valence-corrected chi connectivity index (χ1v) is 10.0. The van der Waals surface area contributed by atoms with E-state index in [1.807, 2.05) is 0 Å².